The van der Waals surface area contributed by atoms with Gasteiger partial charge in [-0.3, -0.25) is 4.79 Å². The van der Waals surface area contributed by atoms with Crippen LogP contribution < -0.4 is 5.32 Å². The number of carbonyl (C=O) groups is 1. The highest BCUT2D eigenvalue weighted by atomic mass is 35.5. The summed E-state index contributed by atoms with van der Waals surface area (Å²) in [5, 5.41) is 3.52. The van der Waals surface area contributed by atoms with Crippen molar-refractivity contribution >= 4 is 27.5 Å². The maximum absolute atomic E-state index is 12.9. The third-order valence-electron chi connectivity index (χ3n) is 5.86. The monoisotopic (exact) mass is 441 g/mol. The van der Waals surface area contributed by atoms with Gasteiger partial charge in [0, 0.05) is 24.7 Å². The fourth-order valence-corrected chi connectivity index (χ4v) is 5.80. The minimum atomic E-state index is -3.60. The first kappa shape index (κ1) is 22.5. The number of sulfonamides is 1. The van der Waals surface area contributed by atoms with Gasteiger partial charge in [0.25, 0.3) is 0 Å². The van der Waals surface area contributed by atoms with Gasteiger partial charge in [0.15, 0.2) is 0 Å². The van der Waals surface area contributed by atoms with Crippen LogP contribution in [0.3, 0.4) is 0 Å². The van der Waals surface area contributed by atoms with E-state index in [2.05, 4.69) is 10.2 Å². The number of halogens is 1. The molecule has 8 heteroatoms. The van der Waals surface area contributed by atoms with E-state index < -0.39 is 10.0 Å². The van der Waals surface area contributed by atoms with Gasteiger partial charge in [0.05, 0.1) is 10.8 Å². The van der Waals surface area contributed by atoms with Gasteiger partial charge < -0.3 is 10.2 Å². The topological polar surface area (TPSA) is 69.7 Å². The molecule has 1 aromatic rings. The lowest BCUT2D eigenvalue weighted by atomic mass is 9.99. The van der Waals surface area contributed by atoms with E-state index in [9.17, 15) is 13.2 Å². The number of nitrogens with one attached hydrogen (secondary N) is 1. The van der Waals surface area contributed by atoms with E-state index in [0.29, 0.717) is 24.5 Å². The molecule has 2 heterocycles. The number of carbonyl (C=O) groups excluding carboxylic acids is 1. The highest BCUT2D eigenvalue weighted by molar-refractivity contribution is 7.89. The Kier molecular flexibility index (Phi) is 8.35. The summed E-state index contributed by atoms with van der Waals surface area (Å²) >= 11 is 5.87. The summed E-state index contributed by atoms with van der Waals surface area (Å²) in [7, 11) is -3.60. The fourth-order valence-electron chi connectivity index (χ4n) is 4.15. The average molecular weight is 442 g/mol. The SMILES string of the molecule is O=C(NCCCN1CCCCCC1)[C@H]1CCCN(S(=O)(=O)c2ccc(Cl)cc2)C1. The molecule has 0 radical (unpaired) electrons. The molecule has 0 spiro atoms. The second-order valence-corrected chi connectivity index (χ2v) is 10.4. The Morgan fingerprint density at radius 2 is 1.72 bits per heavy atom. The van der Waals surface area contributed by atoms with Gasteiger partial charge >= 0.3 is 0 Å². The largest absolute Gasteiger partial charge is 0.356 e. The number of benzene rings is 1. The Hall–Kier alpha value is -1.15. The molecule has 29 heavy (non-hydrogen) atoms. The van der Waals surface area contributed by atoms with Crippen LogP contribution in [0.5, 0.6) is 0 Å². The van der Waals surface area contributed by atoms with E-state index in [0.717, 1.165) is 32.5 Å². The van der Waals surface area contributed by atoms with Crippen LogP contribution >= 0.6 is 11.6 Å². The Labute approximate surface area is 179 Å². The minimum absolute atomic E-state index is 0.0307. The van der Waals surface area contributed by atoms with E-state index >= 15 is 0 Å². The summed E-state index contributed by atoms with van der Waals surface area (Å²) in [5.74, 6) is -0.319. The summed E-state index contributed by atoms with van der Waals surface area (Å²) < 4.78 is 27.2. The predicted octanol–water partition coefficient (Wildman–Crippen LogP) is 3.12. The van der Waals surface area contributed by atoms with Crippen molar-refractivity contribution in [3.05, 3.63) is 29.3 Å². The molecule has 1 amide bonds. The molecule has 2 aliphatic heterocycles. The Morgan fingerprint density at radius 3 is 2.41 bits per heavy atom. The van der Waals surface area contributed by atoms with Crippen molar-refractivity contribution in [2.45, 2.75) is 49.8 Å². The van der Waals surface area contributed by atoms with Crippen molar-refractivity contribution in [1.29, 1.82) is 0 Å². The quantitative estimate of drug-likeness (QED) is 0.660. The van der Waals surface area contributed by atoms with Crippen molar-refractivity contribution in [3.8, 4) is 0 Å². The molecule has 2 aliphatic rings. The van der Waals surface area contributed by atoms with Gasteiger partial charge in [-0.1, -0.05) is 24.4 Å². The first-order chi connectivity index (χ1) is 14.0. The lowest BCUT2D eigenvalue weighted by molar-refractivity contribution is -0.126. The van der Waals surface area contributed by atoms with Crippen LogP contribution in [0.2, 0.25) is 5.02 Å². The van der Waals surface area contributed by atoms with Crippen LogP contribution in [0.15, 0.2) is 29.2 Å². The molecular weight excluding hydrogens is 410 g/mol. The molecule has 3 rings (SSSR count). The van der Waals surface area contributed by atoms with Gasteiger partial charge in [0.2, 0.25) is 15.9 Å². The van der Waals surface area contributed by atoms with Gasteiger partial charge in [-0.05, 0) is 76.0 Å². The maximum atomic E-state index is 12.9. The normalized spacial score (nSPS) is 22.2. The van der Waals surface area contributed by atoms with E-state index in [1.54, 1.807) is 12.1 Å². The Morgan fingerprint density at radius 1 is 1.03 bits per heavy atom. The molecule has 6 nitrogen and oxygen atoms in total. The highest BCUT2D eigenvalue weighted by Gasteiger charge is 2.33. The van der Waals surface area contributed by atoms with Crippen LogP contribution in [-0.4, -0.2) is 62.8 Å². The fraction of sp³-hybridized carbons (Fsp3) is 0.667. The summed E-state index contributed by atoms with van der Waals surface area (Å²) in [4.78, 5) is 15.3. The summed E-state index contributed by atoms with van der Waals surface area (Å²) in [5.41, 5.74) is 0. The Balaban J connectivity index is 1.47. The molecule has 0 saturated carbocycles. The third kappa shape index (κ3) is 6.41. The number of hydrogen-bond donors (Lipinski definition) is 1. The molecule has 1 aromatic carbocycles. The minimum Gasteiger partial charge on any atom is -0.356 e. The smallest absolute Gasteiger partial charge is 0.243 e. The first-order valence-corrected chi connectivity index (χ1v) is 12.5. The molecule has 0 aliphatic carbocycles. The van der Waals surface area contributed by atoms with E-state index in [1.165, 1.54) is 42.1 Å². The standard InChI is InChI=1S/C21H32ClN3O3S/c22-19-8-10-20(11-9-19)29(27,28)25-16-5-7-18(17-25)21(26)23-12-6-15-24-13-3-1-2-4-14-24/h8-11,18H,1-7,12-17H2,(H,23,26)/t18-/m0/s1. The van der Waals surface area contributed by atoms with Gasteiger partial charge in [-0.15, -0.1) is 0 Å². The molecule has 0 aromatic heterocycles. The van der Waals surface area contributed by atoms with Crippen molar-refractivity contribution in [3.63, 3.8) is 0 Å². The molecular formula is C21H32ClN3O3S. The van der Waals surface area contributed by atoms with Crippen LogP contribution in [0, 0.1) is 5.92 Å². The molecule has 1 atom stereocenters. The number of rotatable bonds is 7. The van der Waals surface area contributed by atoms with Crippen molar-refractivity contribution in [1.82, 2.24) is 14.5 Å². The number of nitrogens with zero attached hydrogens (tertiary/aromatic N) is 2. The van der Waals surface area contributed by atoms with E-state index in [-0.39, 0.29) is 23.3 Å². The predicted molar refractivity (Wildman–Crippen MR) is 115 cm³/mol. The van der Waals surface area contributed by atoms with E-state index in [1.807, 2.05) is 0 Å². The van der Waals surface area contributed by atoms with Crippen molar-refractivity contribution in [2.24, 2.45) is 5.92 Å². The number of amides is 1. The molecule has 0 unspecified atom stereocenters. The van der Waals surface area contributed by atoms with Gasteiger partial charge in [0.1, 0.15) is 0 Å². The molecule has 2 saturated heterocycles. The second kappa shape index (κ2) is 10.8. The van der Waals surface area contributed by atoms with E-state index in [4.69, 9.17) is 11.6 Å². The summed E-state index contributed by atoms with van der Waals surface area (Å²) in [6.45, 7) is 4.67. The molecule has 162 valence electrons. The zero-order valence-corrected chi connectivity index (χ0v) is 18.6. The van der Waals surface area contributed by atoms with Gasteiger partial charge in [-0.2, -0.15) is 4.31 Å². The highest BCUT2D eigenvalue weighted by Crippen LogP contribution is 2.24. The Bertz CT molecular complexity index is 762. The number of hydrogen-bond acceptors (Lipinski definition) is 4. The van der Waals surface area contributed by atoms with Crippen LogP contribution in [0.25, 0.3) is 0 Å². The zero-order valence-electron chi connectivity index (χ0n) is 17.0. The number of piperidine rings is 1. The van der Waals surface area contributed by atoms with Crippen molar-refractivity contribution < 1.29 is 13.2 Å². The van der Waals surface area contributed by atoms with Crippen molar-refractivity contribution in [2.75, 3.05) is 39.3 Å². The number of likely N-dealkylation sites (tertiary alicyclic amines) is 1. The zero-order chi connectivity index (χ0) is 20.7. The lowest BCUT2D eigenvalue weighted by Crippen LogP contribution is -2.45. The molecule has 0 bridgehead atoms. The second-order valence-electron chi connectivity index (χ2n) is 8.06. The maximum Gasteiger partial charge on any atom is 0.243 e. The third-order valence-corrected chi connectivity index (χ3v) is 7.99. The average Bonchev–Trinajstić information content (AvgIpc) is 3.00. The van der Waals surface area contributed by atoms with Crippen LogP contribution in [-0.2, 0) is 14.8 Å². The van der Waals surface area contributed by atoms with Crippen LogP contribution in [0.1, 0.15) is 44.9 Å². The van der Waals surface area contributed by atoms with Gasteiger partial charge in [-0.25, -0.2) is 8.42 Å². The summed E-state index contributed by atoms with van der Waals surface area (Å²) in [6, 6.07) is 6.19. The lowest BCUT2D eigenvalue weighted by Gasteiger charge is -2.31. The first-order valence-electron chi connectivity index (χ1n) is 10.7. The summed E-state index contributed by atoms with van der Waals surface area (Å²) in [6.07, 6.45) is 7.54. The van der Waals surface area contributed by atoms with Crippen LogP contribution in [0.4, 0.5) is 0 Å². The molecule has 2 fully saturated rings. The molecule has 1 N–H and O–H groups in total.